The number of aromatic amines is 1. The highest BCUT2D eigenvalue weighted by Crippen LogP contribution is 2.30. The van der Waals surface area contributed by atoms with E-state index in [1.54, 1.807) is 18.5 Å². The van der Waals surface area contributed by atoms with Crippen LogP contribution >= 0.6 is 11.6 Å². The number of esters is 1. The van der Waals surface area contributed by atoms with E-state index in [0.29, 0.717) is 12.5 Å². The van der Waals surface area contributed by atoms with Crippen LogP contribution in [0.25, 0.3) is 16.6 Å². The van der Waals surface area contributed by atoms with Gasteiger partial charge in [-0.1, -0.05) is 43.2 Å². The number of nitrogens with one attached hydrogen (secondary N) is 1. The fraction of sp³-hybridized carbons (Fsp3) is 0.344. The maximum Gasteiger partial charge on any atom is 0.356 e. The molecule has 9 heteroatoms. The summed E-state index contributed by atoms with van der Waals surface area (Å²) < 4.78 is 11.4. The summed E-state index contributed by atoms with van der Waals surface area (Å²) in [6.07, 6.45) is 6.11. The summed E-state index contributed by atoms with van der Waals surface area (Å²) in [4.78, 5) is 28.5. The Labute approximate surface area is 246 Å². The van der Waals surface area contributed by atoms with Crippen molar-refractivity contribution in [3.8, 4) is 5.75 Å². The van der Waals surface area contributed by atoms with Gasteiger partial charge in [-0.15, -0.1) is 0 Å². The van der Waals surface area contributed by atoms with Crippen LogP contribution in [-0.2, 0) is 4.74 Å². The van der Waals surface area contributed by atoms with Gasteiger partial charge in [-0.2, -0.15) is 0 Å². The van der Waals surface area contributed by atoms with E-state index in [2.05, 4.69) is 57.7 Å². The number of carbonyl (C=O) groups is 1. The van der Waals surface area contributed by atoms with Crippen molar-refractivity contribution in [3.63, 3.8) is 0 Å². The predicted molar refractivity (Wildman–Crippen MR) is 163 cm³/mol. The van der Waals surface area contributed by atoms with Crippen molar-refractivity contribution in [2.24, 2.45) is 5.92 Å². The van der Waals surface area contributed by atoms with Crippen LogP contribution in [0.2, 0.25) is 5.02 Å². The molecule has 0 spiro atoms. The number of aromatic nitrogens is 3. The molecular weight excluding hydrogens is 538 g/mol. The van der Waals surface area contributed by atoms with Crippen molar-refractivity contribution < 1.29 is 14.3 Å². The normalized spacial score (nSPS) is 16.6. The molecule has 1 atom stereocenters. The van der Waals surface area contributed by atoms with Crippen LogP contribution in [0.5, 0.6) is 5.75 Å². The zero-order valence-corrected chi connectivity index (χ0v) is 24.7. The molecule has 41 heavy (non-hydrogen) atoms. The Morgan fingerprint density at radius 2 is 1.90 bits per heavy atom. The molecule has 0 bridgehead atoms. The lowest BCUT2D eigenvalue weighted by Crippen LogP contribution is -2.56. The molecule has 1 aliphatic rings. The fourth-order valence-electron chi connectivity index (χ4n) is 5.25. The van der Waals surface area contributed by atoms with Crippen molar-refractivity contribution in [3.05, 3.63) is 89.0 Å². The Morgan fingerprint density at radius 1 is 1.10 bits per heavy atom. The number of fused-ring (bicyclic) bond motifs is 1. The molecule has 1 aromatic carbocycles. The number of H-pyrrole nitrogens is 1. The first kappa shape index (κ1) is 28.6. The third-order valence-electron chi connectivity index (χ3n) is 7.36. The number of hydrogen-bond acceptors (Lipinski definition) is 7. The van der Waals surface area contributed by atoms with Gasteiger partial charge in [0, 0.05) is 36.2 Å². The summed E-state index contributed by atoms with van der Waals surface area (Å²) in [5.74, 6) is 0.782. The molecule has 0 radical (unpaired) electrons. The molecule has 8 nitrogen and oxygen atoms in total. The zero-order chi connectivity index (χ0) is 28.9. The van der Waals surface area contributed by atoms with Crippen LogP contribution < -0.4 is 9.64 Å². The summed E-state index contributed by atoms with van der Waals surface area (Å²) in [7, 11) is 1.36. The number of anilines is 1. The van der Waals surface area contributed by atoms with Gasteiger partial charge in [0.15, 0.2) is 6.23 Å². The Bertz CT molecular complexity index is 1510. The van der Waals surface area contributed by atoms with Crippen molar-refractivity contribution in [2.75, 3.05) is 38.2 Å². The van der Waals surface area contributed by atoms with Crippen LogP contribution in [0.15, 0.2) is 72.7 Å². The summed E-state index contributed by atoms with van der Waals surface area (Å²) in [6, 6.07) is 15.7. The topological polar surface area (TPSA) is 83.6 Å². The molecule has 214 valence electrons. The van der Waals surface area contributed by atoms with Gasteiger partial charge < -0.3 is 19.4 Å². The average molecular weight is 574 g/mol. The van der Waals surface area contributed by atoms with Crippen molar-refractivity contribution in [1.29, 1.82) is 0 Å². The van der Waals surface area contributed by atoms with Crippen LogP contribution in [0.4, 0.5) is 5.69 Å². The van der Waals surface area contributed by atoms with E-state index in [1.165, 1.54) is 23.8 Å². The Morgan fingerprint density at radius 3 is 2.61 bits per heavy atom. The monoisotopic (exact) mass is 573 g/mol. The fourth-order valence-corrected chi connectivity index (χ4v) is 5.38. The largest absolute Gasteiger partial charge is 0.472 e. The van der Waals surface area contributed by atoms with Crippen molar-refractivity contribution in [1.82, 2.24) is 19.9 Å². The second-order valence-electron chi connectivity index (χ2n) is 10.8. The minimum Gasteiger partial charge on any atom is -0.472 e. The highest BCUT2D eigenvalue weighted by Gasteiger charge is 2.30. The number of carbonyl (C=O) groups excluding carboxylic acids is 1. The first-order valence-corrected chi connectivity index (χ1v) is 14.3. The maximum atomic E-state index is 11.9. The quantitative estimate of drug-likeness (QED) is 0.230. The van der Waals surface area contributed by atoms with Crippen LogP contribution in [0, 0.1) is 5.92 Å². The average Bonchev–Trinajstić information content (AvgIpc) is 3.45. The Hall–Kier alpha value is -3.88. The number of ether oxygens (including phenoxy) is 2. The molecule has 1 fully saturated rings. The third-order valence-corrected chi connectivity index (χ3v) is 7.61. The molecule has 4 aromatic rings. The molecule has 1 unspecified atom stereocenters. The molecule has 1 saturated heterocycles. The van der Waals surface area contributed by atoms with E-state index < -0.39 is 5.97 Å². The highest BCUT2D eigenvalue weighted by molar-refractivity contribution is 6.30. The zero-order valence-electron chi connectivity index (χ0n) is 23.9. The first-order valence-electron chi connectivity index (χ1n) is 13.9. The third kappa shape index (κ3) is 6.89. The van der Waals surface area contributed by atoms with E-state index in [4.69, 9.17) is 21.1 Å². The minimum atomic E-state index is -0.449. The number of rotatable bonds is 9. The lowest BCUT2D eigenvalue weighted by Gasteiger charge is -2.42. The lowest BCUT2D eigenvalue weighted by atomic mass is 9.92. The number of benzene rings is 1. The smallest absolute Gasteiger partial charge is 0.356 e. The molecule has 5 rings (SSSR count). The second-order valence-corrected chi connectivity index (χ2v) is 11.3. The lowest BCUT2D eigenvalue weighted by molar-refractivity contribution is 0.0234. The molecule has 4 heterocycles. The Kier molecular flexibility index (Phi) is 8.90. The number of piperazine rings is 1. The standard InChI is InChI=1S/C32H36ClN5O3/c1-21(2)15-28(23-5-7-25(33)8-6-23)22(3)19-38-14-13-37(26-9-10-29(35-17-26)32(39)40-4)20-30(38)41-27-16-24-11-12-34-31(24)36-18-27/h5-12,16-18,21,30H,13-15,19-20H2,1-4H3,(H,34,36)/b28-22-. The summed E-state index contributed by atoms with van der Waals surface area (Å²) >= 11 is 6.20. The van der Waals surface area contributed by atoms with Crippen molar-refractivity contribution in [2.45, 2.75) is 33.4 Å². The van der Waals surface area contributed by atoms with Gasteiger partial charge in [0.2, 0.25) is 0 Å². The number of methoxy groups -OCH3 is 1. The number of nitrogens with zero attached hydrogens (tertiary/aromatic N) is 4. The number of pyridine rings is 2. The predicted octanol–water partition coefficient (Wildman–Crippen LogP) is 6.44. The van der Waals surface area contributed by atoms with Crippen LogP contribution in [-0.4, -0.2) is 65.3 Å². The van der Waals surface area contributed by atoms with Gasteiger partial charge in [0.1, 0.15) is 17.1 Å². The van der Waals surface area contributed by atoms with Gasteiger partial charge in [-0.05, 0) is 66.8 Å². The van der Waals surface area contributed by atoms with Gasteiger partial charge >= 0.3 is 5.97 Å². The molecule has 1 N–H and O–H groups in total. The highest BCUT2D eigenvalue weighted by atomic mass is 35.5. The van der Waals surface area contributed by atoms with E-state index in [1.807, 2.05) is 36.5 Å². The molecule has 0 aliphatic carbocycles. The van der Waals surface area contributed by atoms with E-state index in [9.17, 15) is 4.79 Å². The van der Waals surface area contributed by atoms with E-state index in [-0.39, 0.29) is 11.9 Å². The van der Waals surface area contributed by atoms with Gasteiger partial charge in [-0.3, -0.25) is 4.90 Å². The summed E-state index contributed by atoms with van der Waals surface area (Å²) in [5, 5.41) is 1.74. The molecular formula is C32H36ClN5O3. The minimum absolute atomic E-state index is 0.234. The van der Waals surface area contributed by atoms with E-state index >= 15 is 0 Å². The summed E-state index contributed by atoms with van der Waals surface area (Å²) in [5.41, 5.74) is 5.90. The molecule has 0 amide bonds. The summed E-state index contributed by atoms with van der Waals surface area (Å²) in [6.45, 7) is 9.69. The van der Waals surface area contributed by atoms with Crippen LogP contribution in [0.1, 0.15) is 43.2 Å². The second kappa shape index (κ2) is 12.7. The van der Waals surface area contributed by atoms with Gasteiger partial charge in [-0.25, -0.2) is 14.8 Å². The van der Waals surface area contributed by atoms with Crippen molar-refractivity contribution >= 4 is 39.9 Å². The Balaban J connectivity index is 1.42. The van der Waals surface area contributed by atoms with Gasteiger partial charge in [0.25, 0.3) is 0 Å². The molecule has 3 aromatic heterocycles. The number of allylic oxidation sites excluding steroid dienone is 1. The first-order chi connectivity index (χ1) is 19.8. The van der Waals surface area contributed by atoms with Crippen LogP contribution in [0.3, 0.4) is 0 Å². The number of hydrogen-bond donors (Lipinski definition) is 1. The van der Waals surface area contributed by atoms with E-state index in [0.717, 1.165) is 53.5 Å². The number of halogens is 1. The maximum absolute atomic E-state index is 11.9. The SMILES string of the molecule is COC(=O)c1ccc(N2CCN(C/C(C)=C(/CC(C)C)c3ccc(Cl)cc3)C(Oc3cnc4[nH]ccc4c3)C2)cn1. The molecule has 1 aliphatic heterocycles. The van der Waals surface area contributed by atoms with Gasteiger partial charge in [0.05, 0.1) is 31.7 Å². The molecule has 0 saturated carbocycles.